The number of carbonyl (C=O) groups is 1. The molecule has 1 N–H and O–H groups in total. The van der Waals surface area contributed by atoms with Crippen LogP contribution in [0.25, 0.3) is 0 Å². The number of ether oxygens (including phenoxy) is 1. The summed E-state index contributed by atoms with van der Waals surface area (Å²) in [6.07, 6.45) is 4.12. The highest BCUT2D eigenvalue weighted by atomic mass is 16.5. The average Bonchev–Trinajstić information content (AvgIpc) is 3.11. The number of pyridine rings is 1. The number of nitrogens with zero attached hydrogens (tertiary/aromatic N) is 1. The molecule has 1 aromatic heterocycles. The van der Waals surface area contributed by atoms with Gasteiger partial charge in [0, 0.05) is 13.2 Å². The van der Waals surface area contributed by atoms with Gasteiger partial charge in [0.05, 0.1) is 17.4 Å². The summed E-state index contributed by atoms with van der Waals surface area (Å²) < 4.78 is 5.81. The van der Waals surface area contributed by atoms with Crippen molar-refractivity contribution < 1.29 is 9.53 Å². The number of nitrogens with one attached hydrogen (secondary N) is 1. The molecule has 4 heteroatoms. The number of hydrogen-bond acceptors (Lipinski definition) is 3. The normalized spacial score (nSPS) is 14.8. The van der Waals surface area contributed by atoms with Gasteiger partial charge in [-0.15, -0.1) is 0 Å². The molecule has 1 heterocycles. The van der Waals surface area contributed by atoms with E-state index in [1.165, 1.54) is 0 Å². The van der Waals surface area contributed by atoms with Crippen molar-refractivity contribution in [3.63, 3.8) is 0 Å². The first-order valence-electron chi connectivity index (χ1n) is 6.00. The molecule has 0 unspecified atom stereocenters. The minimum absolute atomic E-state index is 0.131. The van der Waals surface area contributed by atoms with Crippen LogP contribution in [0.5, 0.6) is 5.75 Å². The smallest absolute Gasteiger partial charge is 0.252 e. The van der Waals surface area contributed by atoms with Crippen LogP contribution in [-0.2, 0) is 0 Å². The first kappa shape index (κ1) is 11.9. The van der Waals surface area contributed by atoms with Gasteiger partial charge in [-0.2, -0.15) is 0 Å². The van der Waals surface area contributed by atoms with Crippen molar-refractivity contribution in [2.24, 2.45) is 0 Å². The van der Waals surface area contributed by atoms with Crippen LogP contribution in [0, 0.1) is 0 Å². The van der Waals surface area contributed by atoms with Crippen LogP contribution in [0.2, 0.25) is 0 Å². The number of rotatable bonds is 4. The van der Waals surface area contributed by atoms with E-state index in [1.54, 1.807) is 19.3 Å². The molecule has 0 spiro atoms. The molecule has 1 aromatic rings. The van der Waals surface area contributed by atoms with Crippen molar-refractivity contribution in [3.05, 3.63) is 23.5 Å². The maximum Gasteiger partial charge on any atom is 0.252 e. The molecule has 0 bridgehead atoms. The van der Waals surface area contributed by atoms with Crippen molar-refractivity contribution in [3.8, 4) is 5.75 Å². The van der Waals surface area contributed by atoms with Gasteiger partial charge in [-0.05, 0) is 24.8 Å². The first-order chi connectivity index (χ1) is 8.11. The van der Waals surface area contributed by atoms with E-state index in [9.17, 15) is 4.79 Å². The average molecular weight is 234 g/mol. The van der Waals surface area contributed by atoms with Crippen LogP contribution in [0.4, 0.5) is 0 Å². The van der Waals surface area contributed by atoms with Gasteiger partial charge in [0.2, 0.25) is 0 Å². The Hall–Kier alpha value is -1.58. The molecule has 92 valence electrons. The highest BCUT2D eigenvalue weighted by Gasteiger charge is 2.26. The van der Waals surface area contributed by atoms with Crippen molar-refractivity contribution in [1.29, 1.82) is 0 Å². The van der Waals surface area contributed by atoms with Gasteiger partial charge in [-0.25, -0.2) is 0 Å². The molecule has 1 aliphatic rings. The van der Waals surface area contributed by atoms with Crippen molar-refractivity contribution in [1.82, 2.24) is 10.3 Å². The molecular weight excluding hydrogens is 216 g/mol. The summed E-state index contributed by atoms with van der Waals surface area (Å²) in [7, 11) is 1.61. The largest absolute Gasteiger partial charge is 0.488 e. The lowest BCUT2D eigenvalue weighted by Gasteiger charge is -2.13. The first-order valence-corrected chi connectivity index (χ1v) is 6.00. The second-order valence-corrected chi connectivity index (χ2v) is 4.66. The molecule has 1 fully saturated rings. The highest BCUT2D eigenvalue weighted by Crippen LogP contribution is 2.31. The van der Waals surface area contributed by atoms with E-state index in [2.05, 4.69) is 24.1 Å². The van der Waals surface area contributed by atoms with E-state index < -0.39 is 0 Å². The van der Waals surface area contributed by atoms with E-state index in [1.807, 2.05) is 0 Å². The lowest BCUT2D eigenvalue weighted by atomic mass is 10.1. The molecule has 0 saturated heterocycles. The highest BCUT2D eigenvalue weighted by molar-refractivity contribution is 5.94. The molecule has 1 amide bonds. The summed E-state index contributed by atoms with van der Waals surface area (Å²) in [4.78, 5) is 15.9. The number of aromatic nitrogens is 1. The van der Waals surface area contributed by atoms with Crippen LogP contribution in [-0.4, -0.2) is 24.0 Å². The van der Waals surface area contributed by atoms with Crippen molar-refractivity contribution in [2.45, 2.75) is 38.7 Å². The fraction of sp³-hybridized carbons (Fsp3) is 0.538. The fourth-order valence-corrected chi connectivity index (χ4v) is 1.62. The summed E-state index contributed by atoms with van der Waals surface area (Å²) >= 11 is 0. The molecule has 0 radical (unpaired) electrons. The zero-order valence-electron chi connectivity index (χ0n) is 10.5. The Morgan fingerprint density at radius 2 is 2.24 bits per heavy atom. The SMILES string of the molecule is CNC(=O)c1cnc(C(C)C)c(OC2CC2)c1. The summed E-state index contributed by atoms with van der Waals surface area (Å²) in [5.74, 6) is 0.916. The monoisotopic (exact) mass is 234 g/mol. The Morgan fingerprint density at radius 1 is 1.53 bits per heavy atom. The molecule has 1 aliphatic carbocycles. The Balaban J connectivity index is 2.30. The van der Waals surface area contributed by atoms with E-state index >= 15 is 0 Å². The molecule has 0 aromatic carbocycles. The van der Waals surface area contributed by atoms with Crippen molar-refractivity contribution >= 4 is 5.91 Å². The second kappa shape index (κ2) is 4.73. The number of amides is 1. The van der Waals surface area contributed by atoms with Gasteiger partial charge < -0.3 is 10.1 Å². The Labute approximate surface area is 101 Å². The molecule has 2 rings (SSSR count). The van der Waals surface area contributed by atoms with Gasteiger partial charge in [0.25, 0.3) is 5.91 Å². The zero-order chi connectivity index (χ0) is 12.4. The Kier molecular flexibility index (Phi) is 3.31. The van der Waals surface area contributed by atoms with Crippen LogP contribution >= 0.6 is 0 Å². The third-order valence-electron chi connectivity index (χ3n) is 2.74. The molecule has 1 saturated carbocycles. The minimum atomic E-state index is -0.131. The van der Waals surface area contributed by atoms with Gasteiger partial charge in [0.15, 0.2) is 0 Å². The predicted molar refractivity (Wildman–Crippen MR) is 65.4 cm³/mol. The lowest BCUT2D eigenvalue weighted by molar-refractivity contribution is 0.0962. The molecular formula is C13H18N2O2. The quantitative estimate of drug-likeness (QED) is 0.868. The van der Waals surface area contributed by atoms with E-state index in [0.717, 1.165) is 24.3 Å². The summed E-state index contributed by atoms with van der Waals surface area (Å²) in [6.45, 7) is 4.14. The van der Waals surface area contributed by atoms with E-state index in [-0.39, 0.29) is 5.91 Å². The predicted octanol–water partition coefficient (Wildman–Crippen LogP) is 2.11. The number of carbonyl (C=O) groups excluding carboxylic acids is 1. The number of hydrogen-bond donors (Lipinski definition) is 1. The van der Waals surface area contributed by atoms with Gasteiger partial charge in [-0.1, -0.05) is 13.8 Å². The zero-order valence-corrected chi connectivity index (χ0v) is 10.5. The van der Waals surface area contributed by atoms with E-state index in [4.69, 9.17) is 4.74 Å². The van der Waals surface area contributed by atoms with Crippen LogP contribution in [0.1, 0.15) is 48.7 Å². The van der Waals surface area contributed by atoms with Gasteiger partial charge in [-0.3, -0.25) is 9.78 Å². The van der Waals surface area contributed by atoms with Crippen LogP contribution < -0.4 is 10.1 Å². The standard InChI is InChI=1S/C13H18N2O2/c1-8(2)12-11(17-10-4-5-10)6-9(7-15-12)13(16)14-3/h6-8,10H,4-5H2,1-3H3,(H,14,16). The fourth-order valence-electron chi connectivity index (χ4n) is 1.62. The Morgan fingerprint density at radius 3 is 2.76 bits per heavy atom. The third kappa shape index (κ3) is 2.75. The summed E-state index contributed by atoms with van der Waals surface area (Å²) in [6, 6.07) is 1.79. The molecule has 17 heavy (non-hydrogen) atoms. The minimum Gasteiger partial charge on any atom is -0.488 e. The van der Waals surface area contributed by atoms with Crippen molar-refractivity contribution in [2.75, 3.05) is 7.05 Å². The van der Waals surface area contributed by atoms with Gasteiger partial charge >= 0.3 is 0 Å². The molecule has 0 aliphatic heterocycles. The maximum absolute atomic E-state index is 11.5. The molecule has 0 atom stereocenters. The molecule has 4 nitrogen and oxygen atoms in total. The van der Waals surface area contributed by atoms with Gasteiger partial charge in [0.1, 0.15) is 5.75 Å². The second-order valence-electron chi connectivity index (χ2n) is 4.66. The summed E-state index contributed by atoms with van der Waals surface area (Å²) in [5.41, 5.74) is 1.47. The summed E-state index contributed by atoms with van der Waals surface area (Å²) in [5, 5.41) is 2.59. The lowest BCUT2D eigenvalue weighted by Crippen LogP contribution is -2.18. The van der Waals surface area contributed by atoms with Crippen LogP contribution in [0.3, 0.4) is 0 Å². The third-order valence-corrected chi connectivity index (χ3v) is 2.74. The van der Waals surface area contributed by atoms with E-state index in [0.29, 0.717) is 17.6 Å². The van der Waals surface area contributed by atoms with Crippen LogP contribution in [0.15, 0.2) is 12.3 Å². The Bertz CT molecular complexity index is 425. The maximum atomic E-state index is 11.5. The topological polar surface area (TPSA) is 51.2 Å².